The number of aromatic amines is 2. The van der Waals surface area contributed by atoms with Crippen molar-refractivity contribution in [1.29, 1.82) is 0 Å². The number of fused-ring (bicyclic) bond motifs is 1. The SMILES string of the molecule is NC(c1ccccc1Br)c1cc2[nH]c(=O)[nH]c2cc1Br. The number of nitrogens with two attached hydrogens (primary N) is 1. The molecular formula is C14H11Br2N3O. The summed E-state index contributed by atoms with van der Waals surface area (Å²) in [7, 11) is 0. The van der Waals surface area contributed by atoms with Crippen molar-refractivity contribution in [3.05, 3.63) is 67.0 Å². The summed E-state index contributed by atoms with van der Waals surface area (Å²) in [6, 6.07) is 11.3. The Balaban J connectivity index is 2.16. The number of halogens is 2. The predicted molar refractivity (Wildman–Crippen MR) is 86.8 cm³/mol. The second-order valence-corrected chi connectivity index (χ2v) is 6.21. The fourth-order valence-corrected chi connectivity index (χ4v) is 3.33. The lowest BCUT2D eigenvalue weighted by molar-refractivity contribution is 0.862. The molecule has 20 heavy (non-hydrogen) atoms. The first-order valence-electron chi connectivity index (χ1n) is 5.97. The minimum Gasteiger partial charge on any atom is -0.320 e. The summed E-state index contributed by atoms with van der Waals surface area (Å²) in [6.07, 6.45) is 0. The van der Waals surface area contributed by atoms with Crippen molar-refractivity contribution < 1.29 is 0 Å². The van der Waals surface area contributed by atoms with E-state index in [9.17, 15) is 4.79 Å². The number of rotatable bonds is 2. The number of H-pyrrole nitrogens is 2. The van der Waals surface area contributed by atoms with Crippen molar-refractivity contribution in [3.63, 3.8) is 0 Å². The molecule has 6 heteroatoms. The molecule has 0 saturated heterocycles. The molecule has 1 heterocycles. The van der Waals surface area contributed by atoms with Crippen LogP contribution in [0.3, 0.4) is 0 Å². The van der Waals surface area contributed by atoms with Gasteiger partial charge in [-0.2, -0.15) is 0 Å². The van der Waals surface area contributed by atoms with E-state index in [1.165, 1.54) is 0 Å². The van der Waals surface area contributed by atoms with Gasteiger partial charge in [-0.3, -0.25) is 0 Å². The number of nitrogens with one attached hydrogen (secondary N) is 2. The third kappa shape index (κ3) is 2.34. The number of hydrogen-bond acceptors (Lipinski definition) is 2. The van der Waals surface area contributed by atoms with Gasteiger partial charge in [0.25, 0.3) is 0 Å². The van der Waals surface area contributed by atoms with Crippen LogP contribution < -0.4 is 11.4 Å². The lowest BCUT2D eigenvalue weighted by Gasteiger charge is -2.16. The molecule has 4 nitrogen and oxygen atoms in total. The highest BCUT2D eigenvalue weighted by Gasteiger charge is 2.16. The first-order valence-corrected chi connectivity index (χ1v) is 7.56. The first kappa shape index (κ1) is 13.6. The maximum atomic E-state index is 11.3. The summed E-state index contributed by atoms with van der Waals surface area (Å²) in [5.41, 5.74) is 9.54. The molecule has 1 unspecified atom stereocenters. The summed E-state index contributed by atoms with van der Waals surface area (Å²) >= 11 is 7.03. The highest BCUT2D eigenvalue weighted by atomic mass is 79.9. The number of aromatic nitrogens is 2. The van der Waals surface area contributed by atoms with Gasteiger partial charge in [0.15, 0.2) is 0 Å². The average molecular weight is 397 g/mol. The van der Waals surface area contributed by atoms with E-state index in [0.717, 1.165) is 31.1 Å². The molecule has 102 valence electrons. The summed E-state index contributed by atoms with van der Waals surface area (Å²) in [5.74, 6) is 0. The van der Waals surface area contributed by atoms with Gasteiger partial charge in [-0.05, 0) is 29.3 Å². The minimum absolute atomic E-state index is 0.224. The highest BCUT2D eigenvalue weighted by molar-refractivity contribution is 9.10. The molecule has 1 aromatic heterocycles. The first-order chi connectivity index (χ1) is 9.56. The van der Waals surface area contributed by atoms with Gasteiger partial charge in [0.05, 0.1) is 17.1 Å². The van der Waals surface area contributed by atoms with E-state index >= 15 is 0 Å². The average Bonchev–Trinajstić information content (AvgIpc) is 2.76. The van der Waals surface area contributed by atoms with Gasteiger partial charge in [-0.15, -0.1) is 0 Å². The van der Waals surface area contributed by atoms with E-state index in [1.54, 1.807) is 0 Å². The predicted octanol–water partition coefficient (Wildman–Crippen LogP) is 3.43. The third-order valence-electron chi connectivity index (χ3n) is 3.21. The smallest absolute Gasteiger partial charge is 0.320 e. The van der Waals surface area contributed by atoms with Crippen LogP contribution in [0.15, 0.2) is 50.1 Å². The molecule has 0 bridgehead atoms. The standard InChI is InChI=1S/C14H11Br2N3O/c15-9-4-2-1-3-7(9)13(17)8-5-11-12(6-10(8)16)19-14(20)18-11/h1-6,13H,17H2,(H2,18,19,20). The zero-order valence-corrected chi connectivity index (χ0v) is 13.5. The van der Waals surface area contributed by atoms with Crippen LogP contribution in [-0.2, 0) is 0 Å². The molecule has 2 aromatic carbocycles. The molecular weight excluding hydrogens is 386 g/mol. The Morgan fingerprint density at radius 3 is 2.30 bits per heavy atom. The van der Waals surface area contributed by atoms with Crippen LogP contribution in [0.5, 0.6) is 0 Å². The molecule has 1 atom stereocenters. The van der Waals surface area contributed by atoms with Crippen molar-refractivity contribution in [2.45, 2.75) is 6.04 Å². The van der Waals surface area contributed by atoms with Crippen molar-refractivity contribution in [3.8, 4) is 0 Å². The molecule has 0 aliphatic rings. The lowest BCUT2D eigenvalue weighted by Crippen LogP contribution is -2.13. The van der Waals surface area contributed by atoms with E-state index in [0.29, 0.717) is 0 Å². The number of imidazole rings is 1. The number of benzene rings is 2. The van der Waals surface area contributed by atoms with E-state index in [2.05, 4.69) is 41.8 Å². The van der Waals surface area contributed by atoms with Crippen LogP contribution in [0, 0.1) is 0 Å². The second kappa shape index (κ2) is 5.20. The second-order valence-electron chi connectivity index (χ2n) is 4.50. The van der Waals surface area contributed by atoms with Crippen LogP contribution in [0.1, 0.15) is 17.2 Å². The molecule has 3 aromatic rings. The highest BCUT2D eigenvalue weighted by Crippen LogP contribution is 2.32. The van der Waals surface area contributed by atoms with Gasteiger partial charge < -0.3 is 15.7 Å². The van der Waals surface area contributed by atoms with E-state index in [4.69, 9.17) is 5.73 Å². The molecule has 0 radical (unpaired) electrons. The lowest BCUT2D eigenvalue weighted by atomic mass is 9.99. The Kier molecular flexibility index (Phi) is 3.54. The van der Waals surface area contributed by atoms with Gasteiger partial charge in [-0.25, -0.2) is 4.79 Å². The van der Waals surface area contributed by atoms with Crippen LogP contribution in [0.2, 0.25) is 0 Å². The molecule has 0 spiro atoms. The van der Waals surface area contributed by atoms with Crippen molar-refractivity contribution >= 4 is 42.9 Å². The summed E-state index contributed by atoms with van der Waals surface area (Å²) in [4.78, 5) is 16.8. The summed E-state index contributed by atoms with van der Waals surface area (Å²) in [6.45, 7) is 0. The third-order valence-corrected chi connectivity index (χ3v) is 4.62. The summed E-state index contributed by atoms with van der Waals surface area (Å²) < 4.78 is 1.82. The van der Waals surface area contributed by atoms with Gasteiger partial charge >= 0.3 is 5.69 Å². The van der Waals surface area contributed by atoms with E-state index < -0.39 is 0 Å². The Hall–Kier alpha value is -1.37. The molecule has 0 fully saturated rings. The van der Waals surface area contributed by atoms with Crippen molar-refractivity contribution in [2.24, 2.45) is 5.73 Å². The maximum absolute atomic E-state index is 11.3. The fourth-order valence-electron chi connectivity index (χ4n) is 2.21. The van der Waals surface area contributed by atoms with E-state index in [1.807, 2.05) is 36.4 Å². The topological polar surface area (TPSA) is 74.7 Å². The van der Waals surface area contributed by atoms with Gasteiger partial charge in [-0.1, -0.05) is 50.1 Å². The van der Waals surface area contributed by atoms with Crippen LogP contribution in [0.4, 0.5) is 0 Å². The quantitative estimate of drug-likeness (QED) is 0.620. The molecule has 0 amide bonds. The largest absolute Gasteiger partial charge is 0.323 e. The van der Waals surface area contributed by atoms with Crippen LogP contribution in [-0.4, -0.2) is 9.97 Å². The Labute approximate surface area is 131 Å². The van der Waals surface area contributed by atoms with Gasteiger partial charge in [0.1, 0.15) is 0 Å². The Bertz CT molecular complexity index is 838. The summed E-state index contributed by atoms with van der Waals surface area (Å²) in [5, 5.41) is 0. The Morgan fingerprint density at radius 1 is 0.950 bits per heavy atom. The Morgan fingerprint density at radius 2 is 1.60 bits per heavy atom. The molecule has 3 rings (SSSR count). The van der Waals surface area contributed by atoms with Gasteiger partial charge in [0.2, 0.25) is 0 Å². The monoisotopic (exact) mass is 395 g/mol. The molecule has 0 aliphatic heterocycles. The molecule has 0 aliphatic carbocycles. The molecule has 4 N–H and O–H groups in total. The zero-order chi connectivity index (χ0) is 14.3. The van der Waals surface area contributed by atoms with Crippen LogP contribution >= 0.6 is 31.9 Å². The number of hydrogen-bond donors (Lipinski definition) is 3. The fraction of sp³-hybridized carbons (Fsp3) is 0.0714. The normalized spacial score (nSPS) is 12.8. The van der Waals surface area contributed by atoms with Crippen LogP contribution in [0.25, 0.3) is 11.0 Å². The van der Waals surface area contributed by atoms with E-state index in [-0.39, 0.29) is 11.7 Å². The maximum Gasteiger partial charge on any atom is 0.323 e. The zero-order valence-electron chi connectivity index (χ0n) is 10.3. The van der Waals surface area contributed by atoms with Gasteiger partial charge in [0, 0.05) is 8.95 Å². The molecule has 0 saturated carbocycles. The van der Waals surface area contributed by atoms with Crippen molar-refractivity contribution in [1.82, 2.24) is 9.97 Å². The van der Waals surface area contributed by atoms with Crippen molar-refractivity contribution in [2.75, 3.05) is 0 Å². The minimum atomic E-state index is -0.289.